The van der Waals surface area contributed by atoms with Crippen molar-refractivity contribution >= 4 is 17.4 Å². The number of aliphatic imine (C=N–C) groups is 1. The first-order valence-corrected chi connectivity index (χ1v) is 12.1. The maximum atomic E-state index is 6.17. The summed E-state index contributed by atoms with van der Waals surface area (Å²) in [4.78, 5) is 5.17. The molecule has 0 bridgehead atoms. The molecule has 1 aliphatic heterocycles. The van der Waals surface area contributed by atoms with Crippen LogP contribution in [0.2, 0.25) is 5.02 Å². The number of aryl methyl sites for hydroxylation is 1. The quantitative estimate of drug-likeness (QED) is 0.388. The molecule has 0 saturated carbocycles. The minimum atomic E-state index is -0.125. The van der Waals surface area contributed by atoms with Gasteiger partial charge >= 0.3 is 0 Å². The number of amidine groups is 1. The van der Waals surface area contributed by atoms with Crippen LogP contribution < -0.4 is 10.1 Å². The van der Waals surface area contributed by atoms with Crippen LogP contribution in [0.15, 0.2) is 71.7 Å². The van der Waals surface area contributed by atoms with Gasteiger partial charge in [-0.05, 0) is 54.8 Å². The van der Waals surface area contributed by atoms with E-state index >= 15 is 0 Å². The fraction of sp³-hybridized carbons (Fsp3) is 0.345. The third-order valence-corrected chi connectivity index (χ3v) is 6.60. The zero-order valence-corrected chi connectivity index (χ0v) is 21.3. The molecule has 1 aliphatic rings. The lowest BCUT2D eigenvalue weighted by atomic mass is 9.85. The van der Waals surface area contributed by atoms with Crippen LogP contribution in [0.25, 0.3) is 0 Å². The highest BCUT2D eigenvalue weighted by molar-refractivity contribution is 6.30. The number of ether oxygens (including phenoxy) is 2. The maximum Gasteiger partial charge on any atom is 0.133 e. The van der Waals surface area contributed by atoms with Gasteiger partial charge in [0.1, 0.15) is 17.6 Å². The lowest BCUT2D eigenvalue weighted by Crippen LogP contribution is -2.26. The van der Waals surface area contributed by atoms with Crippen molar-refractivity contribution in [2.45, 2.75) is 45.2 Å². The summed E-state index contributed by atoms with van der Waals surface area (Å²) in [6.07, 6.45) is 0. The number of nitrogens with zero attached hydrogens (tertiary/aromatic N) is 1. The van der Waals surface area contributed by atoms with Gasteiger partial charge in [-0.1, -0.05) is 73.5 Å². The highest BCUT2D eigenvalue weighted by Crippen LogP contribution is 2.39. The predicted molar refractivity (Wildman–Crippen MR) is 140 cm³/mol. The largest absolute Gasteiger partial charge is 0.493 e. The van der Waals surface area contributed by atoms with Crippen molar-refractivity contribution in [3.8, 4) is 5.75 Å². The summed E-state index contributed by atoms with van der Waals surface area (Å²) >= 11 is 6.17. The summed E-state index contributed by atoms with van der Waals surface area (Å²) in [6.45, 7) is 9.67. The van der Waals surface area contributed by atoms with Gasteiger partial charge in [-0.25, -0.2) is 0 Å². The Morgan fingerprint density at radius 2 is 1.65 bits per heavy atom. The molecule has 5 heteroatoms. The molecule has 0 aromatic heterocycles. The third kappa shape index (κ3) is 5.13. The number of nitrogens with one attached hydrogen (secondary N) is 1. The molecular formula is C29H33ClN2O2. The molecule has 0 aliphatic carbocycles. The molecule has 4 nitrogen and oxygen atoms in total. The van der Waals surface area contributed by atoms with Crippen LogP contribution in [0.3, 0.4) is 0 Å². The maximum absolute atomic E-state index is 6.17. The summed E-state index contributed by atoms with van der Waals surface area (Å²) < 4.78 is 11.5. The van der Waals surface area contributed by atoms with Crippen LogP contribution in [-0.4, -0.2) is 26.2 Å². The molecule has 1 N–H and O–H groups in total. The lowest BCUT2D eigenvalue weighted by Gasteiger charge is -2.25. The average molecular weight is 477 g/mol. The molecule has 2 unspecified atom stereocenters. The highest BCUT2D eigenvalue weighted by atomic mass is 35.5. The highest BCUT2D eigenvalue weighted by Gasteiger charge is 2.33. The smallest absolute Gasteiger partial charge is 0.133 e. The van der Waals surface area contributed by atoms with E-state index in [0.29, 0.717) is 13.2 Å². The molecule has 0 radical (unpaired) electrons. The van der Waals surface area contributed by atoms with Gasteiger partial charge < -0.3 is 14.8 Å². The molecule has 0 saturated heterocycles. The van der Waals surface area contributed by atoms with E-state index in [1.807, 2.05) is 19.1 Å². The van der Waals surface area contributed by atoms with Gasteiger partial charge in [0.15, 0.2) is 0 Å². The second-order valence-electron chi connectivity index (χ2n) is 9.47. The summed E-state index contributed by atoms with van der Waals surface area (Å²) in [5, 5.41) is 4.42. The molecule has 0 spiro atoms. The van der Waals surface area contributed by atoms with Gasteiger partial charge in [-0.2, -0.15) is 0 Å². The Bertz CT molecular complexity index is 1150. The predicted octanol–water partition coefficient (Wildman–Crippen LogP) is 6.80. The second-order valence-corrected chi connectivity index (χ2v) is 9.90. The Hall–Kier alpha value is -2.82. The number of methoxy groups -OCH3 is 1. The first-order chi connectivity index (χ1) is 16.3. The zero-order chi connectivity index (χ0) is 24.3. The standard InChI is InChI=1S/C29H33ClN2O2/c1-6-34-25-17-22(29(3,4)18-33-5)13-16-24(25)28-31-26(20-9-7-19(2)8-10-20)27(32-28)21-11-14-23(30)15-12-21/h7-17,26-27H,6,18H2,1-5H3,(H,31,32). The zero-order valence-electron chi connectivity index (χ0n) is 20.6. The first-order valence-electron chi connectivity index (χ1n) is 11.8. The van der Waals surface area contributed by atoms with E-state index < -0.39 is 0 Å². The van der Waals surface area contributed by atoms with Crippen molar-refractivity contribution < 1.29 is 9.47 Å². The molecule has 2 atom stereocenters. The van der Waals surface area contributed by atoms with E-state index in [1.165, 1.54) is 16.7 Å². The Labute approximate surface area is 208 Å². The molecule has 34 heavy (non-hydrogen) atoms. The second kappa shape index (κ2) is 10.2. The molecule has 178 valence electrons. The lowest BCUT2D eigenvalue weighted by molar-refractivity contribution is 0.146. The average Bonchev–Trinajstić information content (AvgIpc) is 3.25. The van der Waals surface area contributed by atoms with Crippen molar-refractivity contribution in [3.05, 3.63) is 99.6 Å². The fourth-order valence-corrected chi connectivity index (χ4v) is 4.57. The van der Waals surface area contributed by atoms with Crippen LogP contribution in [0.4, 0.5) is 0 Å². The molecule has 4 rings (SSSR count). The minimum absolute atomic E-state index is 0.0101. The topological polar surface area (TPSA) is 42.9 Å². The Morgan fingerprint density at radius 1 is 0.971 bits per heavy atom. The van der Waals surface area contributed by atoms with Crippen LogP contribution in [0, 0.1) is 6.92 Å². The summed E-state index contributed by atoms with van der Waals surface area (Å²) in [5.74, 6) is 1.67. The SMILES string of the molecule is CCOc1cc(C(C)(C)COC)ccc1C1=NC(c2ccc(Cl)cc2)C(c2ccc(C)cc2)N1. The van der Waals surface area contributed by atoms with Crippen LogP contribution in [0.5, 0.6) is 5.75 Å². The van der Waals surface area contributed by atoms with Crippen LogP contribution in [-0.2, 0) is 10.2 Å². The van der Waals surface area contributed by atoms with Gasteiger partial charge in [0.25, 0.3) is 0 Å². The molecule has 1 heterocycles. The van der Waals surface area contributed by atoms with Crippen molar-refractivity contribution in [2.75, 3.05) is 20.3 Å². The van der Waals surface area contributed by atoms with Crippen LogP contribution in [0.1, 0.15) is 60.7 Å². The van der Waals surface area contributed by atoms with Gasteiger partial charge in [-0.3, -0.25) is 4.99 Å². The van der Waals surface area contributed by atoms with Crippen molar-refractivity contribution in [1.82, 2.24) is 5.32 Å². The van der Waals surface area contributed by atoms with Crippen LogP contribution >= 0.6 is 11.6 Å². The normalized spacial score (nSPS) is 17.9. The van der Waals surface area contributed by atoms with Crippen molar-refractivity contribution in [1.29, 1.82) is 0 Å². The van der Waals surface area contributed by atoms with Gasteiger partial charge in [0.2, 0.25) is 0 Å². The molecule has 3 aromatic carbocycles. The Balaban J connectivity index is 1.76. The van der Waals surface area contributed by atoms with Crippen molar-refractivity contribution in [2.24, 2.45) is 4.99 Å². The third-order valence-electron chi connectivity index (χ3n) is 6.35. The monoisotopic (exact) mass is 476 g/mol. The number of benzene rings is 3. The summed E-state index contributed by atoms with van der Waals surface area (Å²) in [5.41, 5.74) is 5.56. The van der Waals surface area contributed by atoms with E-state index in [1.54, 1.807) is 7.11 Å². The number of rotatable bonds is 8. The molecule has 3 aromatic rings. The van der Waals surface area contributed by atoms with E-state index in [9.17, 15) is 0 Å². The summed E-state index contributed by atoms with van der Waals surface area (Å²) in [7, 11) is 1.73. The van der Waals surface area contributed by atoms with Gasteiger partial charge in [0.05, 0.1) is 24.8 Å². The van der Waals surface area contributed by atoms with Gasteiger partial charge in [0, 0.05) is 17.5 Å². The van der Waals surface area contributed by atoms with Crippen molar-refractivity contribution in [3.63, 3.8) is 0 Å². The Kier molecular flexibility index (Phi) is 7.30. The molecule has 0 fully saturated rings. The van der Waals surface area contributed by atoms with Gasteiger partial charge in [-0.15, -0.1) is 0 Å². The molecular weight excluding hydrogens is 444 g/mol. The summed E-state index contributed by atoms with van der Waals surface area (Å²) in [6, 6.07) is 22.9. The number of halogens is 1. The van der Waals surface area contributed by atoms with E-state index in [-0.39, 0.29) is 17.5 Å². The van der Waals surface area contributed by atoms with E-state index in [2.05, 4.69) is 80.7 Å². The molecule has 0 amide bonds. The van der Waals surface area contributed by atoms with E-state index in [4.69, 9.17) is 26.1 Å². The first kappa shape index (κ1) is 24.3. The van der Waals surface area contributed by atoms with E-state index in [0.717, 1.165) is 27.7 Å². The minimum Gasteiger partial charge on any atom is -0.493 e. The fourth-order valence-electron chi connectivity index (χ4n) is 4.45. The number of hydrogen-bond acceptors (Lipinski definition) is 4. The Morgan fingerprint density at radius 3 is 2.29 bits per heavy atom. The number of hydrogen-bond donors (Lipinski definition) is 1.